The molecule has 0 radical (unpaired) electrons. The fourth-order valence-corrected chi connectivity index (χ4v) is 5.54. The van der Waals surface area contributed by atoms with Crippen molar-refractivity contribution in [3.63, 3.8) is 0 Å². The van der Waals surface area contributed by atoms with Crippen LogP contribution < -0.4 is 4.74 Å². The Balaban J connectivity index is 1.35. The summed E-state index contributed by atoms with van der Waals surface area (Å²) in [5.41, 5.74) is -0.396. The highest BCUT2D eigenvalue weighted by Gasteiger charge is 2.30. The van der Waals surface area contributed by atoms with Crippen molar-refractivity contribution in [2.24, 2.45) is 23.7 Å². The molecule has 0 N–H and O–H groups in total. The van der Waals surface area contributed by atoms with E-state index in [1.165, 1.54) is 64.2 Å². The number of esters is 1. The molecule has 3 nitrogen and oxygen atoms in total. The van der Waals surface area contributed by atoms with Crippen LogP contribution in [0.1, 0.15) is 102 Å². The van der Waals surface area contributed by atoms with Crippen LogP contribution in [0.25, 0.3) is 0 Å². The fourth-order valence-electron chi connectivity index (χ4n) is 5.54. The minimum atomic E-state index is -1.27. The topological polar surface area (TPSA) is 50.1 Å². The van der Waals surface area contributed by atoms with Gasteiger partial charge in [-0.2, -0.15) is 9.65 Å². The highest BCUT2D eigenvalue weighted by molar-refractivity contribution is 5.75. The summed E-state index contributed by atoms with van der Waals surface area (Å²) in [5, 5.41) is 8.76. The van der Waals surface area contributed by atoms with Crippen LogP contribution in [-0.2, 0) is 4.79 Å². The lowest BCUT2D eigenvalue weighted by molar-refractivity contribution is -0.140. The van der Waals surface area contributed by atoms with E-state index in [0.29, 0.717) is 5.92 Å². The molecule has 0 atom stereocenters. The van der Waals surface area contributed by atoms with E-state index in [1.807, 2.05) is 0 Å². The summed E-state index contributed by atoms with van der Waals surface area (Å²) in [6, 6.07) is 3.86. The number of carbonyl (C=O) groups is 1. The van der Waals surface area contributed by atoms with Crippen molar-refractivity contribution in [1.82, 2.24) is 0 Å². The maximum Gasteiger partial charge on any atom is 0.314 e. The van der Waals surface area contributed by atoms with Gasteiger partial charge in [0.1, 0.15) is 6.07 Å². The SMILES string of the molecule is CCCCC[C@H]1CC[C@H](CC[C@H]2CC[C@H](C(=O)Oc3ccc(C#N)c(F)c3F)CC2)CC1. The second-order valence-corrected chi connectivity index (χ2v) is 9.95. The fraction of sp³-hybridized carbons (Fsp3) is 0.704. The van der Waals surface area contributed by atoms with Gasteiger partial charge in [0.05, 0.1) is 11.5 Å². The number of hydrogen-bond acceptors (Lipinski definition) is 3. The Kier molecular flexibility index (Phi) is 9.51. The van der Waals surface area contributed by atoms with Crippen LogP contribution in [0.15, 0.2) is 12.1 Å². The Labute approximate surface area is 191 Å². The molecule has 2 aliphatic rings. The number of unbranched alkanes of at least 4 members (excludes halogenated alkanes) is 2. The van der Waals surface area contributed by atoms with Crippen LogP contribution in [0.4, 0.5) is 8.78 Å². The first-order valence-electron chi connectivity index (χ1n) is 12.6. The molecule has 0 aromatic heterocycles. The van der Waals surface area contributed by atoms with Crippen LogP contribution in [0.3, 0.4) is 0 Å². The van der Waals surface area contributed by atoms with E-state index >= 15 is 0 Å². The minimum absolute atomic E-state index is 0.261. The molecule has 5 heteroatoms. The molecule has 2 aliphatic carbocycles. The molecule has 1 aromatic carbocycles. The smallest absolute Gasteiger partial charge is 0.314 e. The number of ether oxygens (including phenoxy) is 1. The third kappa shape index (κ3) is 6.77. The van der Waals surface area contributed by atoms with Crippen molar-refractivity contribution >= 4 is 5.97 Å². The average Bonchev–Trinajstić information content (AvgIpc) is 2.82. The monoisotopic (exact) mass is 445 g/mol. The summed E-state index contributed by atoms with van der Waals surface area (Å²) in [5.74, 6) is -1.24. The molecular formula is C27H37F2NO2. The van der Waals surface area contributed by atoms with E-state index in [0.717, 1.165) is 49.7 Å². The van der Waals surface area contributed by atoms with Crippen molar-refractivity contribution in [1.29, 1.82) is 5.26 Å². The van der Waals surface area contributed by atoms with Crippen molar-refractivity contribution < 1.29 is 18.3 Å². The van der Waals surface area contributed by atoms with E-state index in [2.05, 4.69) is 6.92 Å². The third-order valence-corrected chi connectivity index (χ3v) is 7.72. The van der Waals surface area contributed by atoms with E-state index < -0.39 is 28.9 Å². The highest BCUT2D eigenvalue weighted by atomic mass is 19.2. The predicted octanol–water partition coefficient (Wildman–Crippen LogP) is 7.72. The molecule has 1 aromatic rings. The number of carbonyl (C=O) groups excluding carboxylic acids is 1. The van der Waals surface area contributed by atoms with E-state index in [-0.39, 0.29) is 5.92 Å². The summed E-state index contributed by atoms with van der Waals surface area (Å²) >= 11 is 0. The zero-order chi connectivity index (χ0) is 22.9. The molecule has 0 bridgehead atoms. The average molecular weight is 446 g/mol. The lowest BCUT2D eigenvalue weighted by Gasteiger charge is -2.31. The zero-order valence-electron chi connectivity index (χ0n) is 19.4. The second kappa shape index (κ2) is 12.3. The van der Waals surface area contributed by atoms with Gasteiger partial charge in [-0.1, -0.05) is 71.1 Å². The van der Waals surface area contributed by atoms with Crippen LogP contribution in [0, 0.1) is 46.6 Å². The molecule has 2 saturated carbocycles. The van der Waals surface area contributed by atoms with Crippen molar-refractivity contribution in [3.05, 3.63) is 29.3 Å². The Hall–Kier alpha value is -1.96. The number of halogens is 2. The largest absolute Gasteiger partial charge is 0.423 e. The van der Waals surface area contributed by atoms with Gasteiger partial charge in [0, 0.05) is 0 Å². The molecule has 2 fully saturated rings. The van der Waals surface area contributed by atoms with Crippen LogP contribution >= 0.6 is 0 Å². The van der Waals surface area contributed by atoms with Crippen LogP contribution in [0.2, 0.25) is 0 Å². The normalized spacial score (nSPS) is 25.8. The molecule has 0 heterocycles. The molecule has 0 aliphatic heterocycles. The van der Waals surface area contributed by atoms with Gasteiger partial charge in [-0.3, -0.25) is 4.79 Å². The first-order chi connectivity index (χ1) is 15.5. The molecule has 32 heavy (non-hydrogen) atoms. The third-order valence-electron chi connectivity index (χ3n) is 7.72. The number of benzene rings is 1. The summed E-state index contributed by atoms with van der Waals surface area (Å²) in [4.78, 5) is 12.4. The Morgan fingerprint density at radius 2 is 1.47 bits per heavy atom. The van der Waals surface area contributed by atoms with Crippen LogP contribution in [-0.4, -0.2) is 5.97 Å². The van der Waals surface area contributed by atoms with E-state index in [1.54, 1.807) is 6.07 Å². The molecule has 0 spiro atoms. The number of nitrogens with zero attached hydrogens (tertiary/aromatic N) is 1. The summed E-state index contributed by atoms with van der Waals surface area (Å²) in [7, 11) is 0. The van der Waals surface area contributed by atoms with Crippen molar-refractivity contribution in [2.45, 2.75) is 96.8 Å². The van der Waals surface area contributed by atoms with E-state index in [9.17, 15) is 13.6 Å². The molecule has 0 amide bonds. The number of nitriles is 1. The Bertz CT molecular complexity index is 788. The number of hydrogen-bond donors (Lipinski definition) is 0. The lowest BCUT2D eigenvalue weighted by atomic mass is 9.75. The quantitative estimate of drug-likeness (QED) is 0.222. The van der Waals surface area contributed by atoms with Gasteiger partial charge in [0.15, 0.2) is 11.6 Å². The standard InChI is InChI=1S/C27H37F2NO2/c1-2-3-4-5-19-6-8-20(9-7-19)10-11-21-12-14-22(15-13-21)27(31)32-24-17-16-23(18-30)25(28)26(24)29/h16-17,19-22H,2-15H2,1H3/t19-,20-,21-,22-. The maximum absolute atomic E-state index is 14.0. The van der Waals surface area contributed by atoms with Gasteiger partial charge in [0.25, 0.3) is 0 Å². The Morgan fingerprint density at radius 1 is 0.906 bits per heavy atom. The van der Waals surface area contributed by atoms with Gasteiger partial charge < -0.3 is 4.74 Å². The van der Waals surface area contributed by atoms with Gasteiger partial charge in [0.2, 0.25) is 5.82 Å². The predicted molar refractivity (Wildman–Crippen MR) is 121 cm³/mol. The summed E-state index contributed by atoms with van der Waals surface area (Å²) < 4.78 is 32.9. The molecule has 3 rings (SSSR count). The Morgan fingerprint density at radius 3 is 2.03 bits per heavy atom. The maximum atomic E-state index is 14.0. The second-order valence-electron chi connectivity index (χ2n) is 9.95. The summed E-state index contributed by atoms with van der Waals surface area (Å²) in [6.07, 6.45) is 17.1. The van der Waals surface area contributed by atoms with Gasteiger partial charge in [-0.25, -0.2) is 4.39 Å². The van der Waals surface area contributed by atoms with E-state index in [4.69, 9.17) is 10.00 Å². The number of rotatable bonds is 9. The zero-order valence-corrected chi connectivity index (χ0v) is 19.4. The van der Waals surface area contributed by atoms with Crippen molar-refractivity contribution in [3.8, 4) is 11.8 Å². The summed E-state index contributed by atoms with van der Waals surface area (Å²) in [6.45, 7) is 2.27. The molecule has 0 saturated heterocycles. The molecular weight excluding hydrogens is 408 g/mol. The van der Waals surface area contributed by atoms with Gasteiger partial charge in [-0.05, 0) is 55.6 Å². The van der Waals surface area contributed by atoms with Gasteiger partial charge >= 0.3 is 5.97 Å². The first kappa shape index (κ1) is 24.7. The highest BCUT2D eigenvalue weighted by Crippen LogP contribution is 2.38. The van der Waals surface area contributed by atoms with Crippen molar-refractivity contribution in [2.75, 3.05) is 0 Å². The lowest BCUT2D eigenvalue weighted by Crippen LogP contribution is -2.26. The molecule has 0 unspecified atom stereocenters. The first-order valence-corrected chi connectivity index (χ1v) is 12.6. The van der Waals surface area contributed by atoms with Crippen LogP contribution in [0.5, 0.6) is 5.75 Å². The molecule has 176 valence electrons. The van der Waals surface area contributed by atoms with Gasteiger partial charge in [-0.15, -0.1) is 0 Å². The minimum Gasteiger partial charge on any atom is -0.423 e.